The first kappa shape index (κ1) is 16.2. The van der Waals surface area contributed by atoms with E-state index in [1.807, 2.05) is 20.8 Å². The van der Waals surface area contributed by atoms with Crippen molar-refractivity contribution in [2.24, 2.45) is 17.8 Å². The third-order valence-corrected chi connectivity index (χ3v) is 6.23. The Morgan fingerprint density at radius 3 is 2.20 bits per heavy atom. The fraction of sp³-hybridized carbons (Fsp3) is 1.00. The zero-order valence-electron chi connectivity index (χ0n) is 13.2. The summed E-state index contributed by atoms with van der Waals surface area (Å²) in [7, 11) is 1.63. The molecule has 2 rings (SSSR count). The van der Waals surface area contributed by atoms with Gasteiger partial charge in [-0.3, -0.25) is 0 Å². The minimum atomic E-state index is -0.732. The first-order valence-electron chi connectivity index (χ1n) is 7.77. The van der Waals surface area contributed by atoms with Crippen molar-refractivity contribution in [1.29, 1.82) is 0 Å². The number of hydrogen-bond donors (Lipinski definition) is 3. The Bertz CT molecular complexity index is 346. The monoisotopic (exact) mass is 286 g/mol. The SMILES string of the molecule is COC(C)(CO)C1CCC(C)(O)C2CCC(C)(O)C2C1. The number of aliphatic hydroxyl groups is 3. The molecule has 0 aliphatic heterocycles. The molecule has 3 N–H and O–H groups in total. The summed E-state index contributed by atoms with van der Waals surface area (Å²) in [4.78, 5) is 0. The van der Waals surface area contributed by atoms with Crippen LogP contribution in [0.2, 0.25) is 0 Å². The molecule has 2 aliphatic carbocycles. The van der Waals surface area contributed by atoms with Gasteiger partial charge in [-0.1, -0.05) is 0 Å². The fourth-order valence-corrected chi connectivity index (χ4v) is 4.42. The molecule has 0 aromatic heterocycles. The van der Waals surface area contributed by atoms with Gasteiger partial charge in [0.05, 0.1) is 23.4 Å². The van der Waals surface area contributed by atoms with Gasteiger partial charge in [0.1, 0.15) is 0 Å². The maximum atomic E-state index is 10.8. The predicted molar refractivity (Wildman–Crippen MR) is 77.3 cm³/mol. The first-order chi connectivity index (χ1) is 9.16. The second kappa shape index (κ2) is 5.24. The number of aliphatic hydroxyl groups excluding tert-OH is 1. The van der Waals surface area contributed by atoms with Crippen LogP contribution in [0, 0.1) is 17.8 Å². The van der Waals surface area contributed by atoms with E-state index in [-0.39, 0.29) is 24.4 Å². The average molecular weight is 286 g/mol. The highest BCUT2D eigenvalue weighted by molar-refractivity contribution is 5.05. The standard InChI is InChI=1S/C16H30O4/c1-14(18)7-5-11(16(3,10-17)20-4)9-13-12(14)6-8-15(13,2)19/h11-13,17-19H,5-10H2,1-4H3. The van der Waals surface area contributed by atoms with Crippen molar-refractivity contribution in [2.75, 3.05) is 13.7 Å². The summed E-state index contributed by atoms with van der Waals surface area (Å²) in [6.45, 7) is 5.68. The lowest BCUT2D eigenvalue weighted by Gasteiger charge is -2.38. The van der Waals surface area contributed by atoms with Crippen LogP contribution in [0.15, 0.2) is 0 Å². The van der Waals surface area contributed by atoms with Crippen molar-refractivity contribution in [3.63, 3.8) is 0 Å². The van der Waals surface area contributed by atoms with Gasteiger partial charge < -0.3 is 20.1 Å². The summed E-state index contributed by atoms with van der Waals surface area (Å²) in [5, 5.41) is 31.1. The zero-order chi connectivity index (χ0) is 15.2. The largest absolute Gasteiger partial charge is 0.393 e. The van der Waals surface area contributed by atoms with E-state index in [0.717, 1.165) is 25.7 Å². The van der Waals surface area contributed by atoms with Crippen LogP contribution in [0.3, 0.4) is 0 Å². The number of ether oxygens (including phenoxy) is 1. The third-order valence-electron chi connectivity index (χ3n) is 6.23. The molecule has 2 fully saturated rings. The highest BCUT2D eigenvalue weighted by Crippen LogP contribution is 2.53. The Morgan fingerprint density at radius 2 is 1.65 bits per heavy atom. The minimum Gasteiger partial charge on any atom is -0.393 e. The summed E-state index contributed by atoms with van der Waals surface area (Å²) < 4.78 is 5.55. The molecule has 0 aromatic carbocycles. The van der Waals surface area contributed by atoms with E-state index in [9.17, 15) is 15.3 Å². The Hall–Kier alpha value is -0.160. The maximum absolute atomic E-state index is 10.8. The Labute approximate surface area is 122 Å². The van der Waals surface area contributed by atoms with Crippen LogP contribution in [-0.4, -0.2) is 45.8 Å². The van der Waals surface area contributed by atoms with Crippen LogP contribution >= 0.6 is 0 Å². The van der Waals surface area contributed by atoms with Gasteiger partial charge in [-0.25, -0.2) is 0 Å². The van der Waals surface area contributed by atoms with E-state index in [1.165, 1.54) is 0 Å². The maximum Gasteiger partial charge on any atom is 0.0908 e. The molecule has 0 heterocycles. The third kappa shape index (κ3) is 2.63. The fourth-order valence-electron chi connectivity index (χ4n) is 4.42. The molecule has 0 radical (unpaired) electrons. The molecule has 4 nitrogen and oxygen atoms in total. The Morgan fingerprint density at radius 1 is 1.10 bits per heavy atom. The van der Waals surface area contributed by atoms with Gasteiger partial charge in [-0.05, 0) is 70.6 Å². The van der Waals surface area contributed by atoms with Gasteiger partial charge in [0.25, 0.3) is 0 Å². The molecule has 0 aromatic rings. The van der Waals surface area contributed by atoms with Crippen LogP contribution in [-0.2, 0) is 4.74 Å². The van der Waals surface area contributed by atoms with Crippen molar-refractivity contribution in [1.82, 2.24) is 0 Å². The molecule has 0 amide bonds. The first-order valence-corrected chi connectivity index (χ1v) is 7.77. The van der Waals surface area contributed by atoms with Crippen LogP contribution in [0.5, 0.6) is 0 Å². The van der Waals surface area contributed by atoms with Crippen molar-refractivity contribution < 1.29 is 20.1 Å². The zero-order valence-corrected chi connectivity index (χ0v) is 13.2. The lowest BCUT2D eigenvalue weighted by atomic mass is 9.74. The number of fused-ring (bicyclic) bond motifs is 1. The Balaban J connectivity index is 2.29. The van der Waals surface area contributed by atoms with E-state index in [4.69, 9.17) is 4.74 Å². The summed E-state index contributed by atoms with van der Waals surface area (Å²) in [6.07, 6.45) is 3.95. The van der Waals surface area contributed by atoms with E-state index in [1.54, 1.807) is 7.11 Å². The summed E-state index contributed by atoms with van der Waals surface area (Å²) >= 11 is 0. The molecular weight excluding hydrogens is 256 g/mol. The van der Waals surface area contributed by atoms with Crippen LogP contribution in [0.25, 0.3) is 0 Å². The molecule has 4 heteroatoms. The van der Waals surface area contributed by atoms with Crippen molar-refractivity contribution >= 4 is 0 Å². The van der Waals surface area contributed by atoms with Crippen molar-refractivity contribution in [2.45, 2.75) is 69.7 Å². The van der Waals surface area contributed by atoms with Gasteiger partial charge >= 0.3 is 0 Å². The highest BCUT2D eigenvalue weighted by Gasteiger charge is 2.54. The van der Waals surface area contributed by atoms with Gasteiger partial charge in [-0.15, -0.1) is 0 Å². The van der Waals surface area contributed by atoms with Crippen molar-refractivity contribution in [3.05, 3.63) is 0 Å². The molecule has 2 saturated carbocycles. The van der Waals surface area contributed by atoms with Crippen LogP contribution in [0.1, 0.15) is 52.9 Å². The molecule has 6 atom stereocenters. The second-order valence-corrected chi connectivity index (χ2v) is 7.61. The topological polar surface area (TPSA) is 69.9 Å². The molecule has 118 valence electrons. The quantitative estimate of drug-likeness (QED) is 0.739. The lowest BCUT2D eigenvalue weighted by molar-refractivity contribution is -0.0961. The van der Waals surface area contributed by atoms with E-state index < -0.39 is 16.8 Å². The summed E-state index contributed by atoms with van der Waals surface area (Å²) in [6, 6.07) is 0. The minimum absolute atomic E-state index is 0.0319. The molecule has 0 spiro atoms. The molecule has 0 bridgehead atoms. The van der Waals surface area contributed by atoms with E-state index in [2.05, 4.69) is 0 Å². The van der Waals surface area contributed by atoms with E-state index >= 15 is 0 Å². The van der Waals surface area contributed by atoms with E-state index in [0.29, 0.717) is 6.42 Å². The number of methoxy groups -OCH3 is 1. The van der Waals surface area contributed by atoms with Crippen LogP contribution < -0.4 is 0 Å². The number of hydrogen-bond acceptors (Lipinski definition) is 4. The molecule has 20 heavy (non-hydrogen) atoms. The van der Waals surface area contributed by atoms with Gasteiger partial charge in [0, 0.05) is 7.11 Å². The lowest BCUT2D eigenvalue weighted by Crippen LogP contribution is -2.44. The highest BCUT2D eigenvalue weighted by atomic mass is 16.5. The van der Waals surface area contributed by atoms with Crippen molar-refractivity contribution in [3.8, 4) is 0 Å². The molecular formula is C16H30O4. The second-order valence-electron chi connectivity index (χ2n) is 7.61. The van der Waals surface area contributed by atoms with Gasteiger partial charge in [0.15, 0.2) is 0 Å². The van der Waals surface area contributed by atoms with Gasteiger partial charge in [-0.2, -0.15) is 0 Å². The number of rotatable bonds is 3. The van der Waals surface area contributed by atoms with Crippen LogP contribution in [0.4, 0.5) is 0 Å². The summed E-state index contributed by atoms with van der Waals surface area (Å²) in [5.74, 6) is 0.372. The molecule has 0 saturated heterocycles. The summed E-state index contributed by atoms with van der Waals surface area (Å²) in [5.41, 5.74) is -2.05. The Kier molecular flexibility index (Phi) is 4.25. The smallest absolute Gasteiger partial charge is 0.0908 e. The molecule has 6 unspecified atom stereocenters. The normalized spacial score (nSPS) is 48.5. The van der Waals surface area contributed by atoms with Gasteiger partial charge in [0.2, 0.25) is 0 Å². The average Bonchev–Trinajstić information content (AvgIpc) is 2.60. The predicted octanol–water partition coefficient (Wildman–Crippen LogP) is 1.71. The molecule has 2 aliphatic rings.